The summed E-state index contributed by atoms with van der Waals surface area (Å²) in [7, 11) is 0. The molecule has 0 nitrogen and oxygen atoms in total. The summed E-state index contributed by atoms with van der Waals surface area (Å²) < 4.78 is 39.8. The highest BCUT2D eigenvalue weighted by Crippen LogP contribution is 2.29. The minimum absolute atomic E-state index is 0.242. The first kappa shape index (κ1) is 13.5. The van der Waals surface area contributed by atoms with E-state index in [1.165, 1.54) is 23.9 Å². The van der Waals surface area contributed by atoms with Gasteiger partial charge in [-0.15, -0.1) is 11.8 Å². The number of hydrogen-bond acceptors (Lipinski definition) is 1. The Kier molecular flexibility index (Phi) is 4.35. The van der Waals surface area contributed by atoms with Crippen LogP contribution >= 0.6 is 27.7 Å². The molecule has 0 fully saturated rings. The number of benzene rings is 2. The largest absolute Gasteiger partial charge is 0.207 e. The predicted molar refractivity (Wildman–Crippen MR) is 70.0 cm³/mol. The Labute approximate surface area is 115 Å². The van der Waals surface area contributed by atoms with Gasteiger partial charge in [-0.1, -0.05) is 22.0 Å². The van der Waals surface area contributed by atoms with Gasteiger partial charge in [-0.3, -0.25) is 0 Å². The normalized spacial score (nSPS) is 10.7. The van der Waals surface area contributed by atoms with Gasteiger partial charge >= 0.3 is 0 Å². The first-order chi connectivity index (χ1) is 8.56. The van der Waals surface area contributed by atoms with Crippen molar-refractivity contribution < 1.29 is 13.2 Å². The van der Waals surface area contributed by atoms with E-state index in [9.17, 15) is 13.2 Å². The van der Waals surface area contributed by atoms with E-state index in [4.69, 9.17) is 0 Å². The van der Waals surface area contributed by atoms with E-state index in [1.807, 2.05) is 0 Å². The molecule has 2 aromatic rings. The molecule has 0 N–H and O–H groups in total. The maximum atomic E-state index is 13.4. The minimum Gasteiger partial charge on any atom is -0.207 e. The molecular weight excluding hydrogens is 325 g/mol. The van der Waals surface area contributed by atoms with Crippen LogP contribution in [0.2, 0.25) is 0 Å². The topological polar surface area (TPSA) is 0 Å². The van der Waals surface area contributed by atoms with Crippen LogP contribution < -0.4 is 0 Å². The molecule has 0 atom stereocenters. The average molecular weight is 333 g/mol. The zero-order valence-electron chi connectivity index (χ0n) is 9.09. The highest BCUT2D eigenvalue weighted by atomic mass is 79.9. The summed E-state index contributed by atoms with van der Waals surface area (Å²) in [5, 5.41) is 0. The van der Waals surface area contributed by atoms with Crippen LogP contribution in [0.25, 0.3) is 0 Å². The summed E-state index contributed by atoms with van der Waals surface area (Å²) in [6, 6.07) is 7.62. The molecule has 0 saturated heterocycles. The van der Waals surface area contributed by atoms with Crippen molar-refractivity contribution in [2.24, 2.45) is 0 Å². The summed E-state index contributed by atoms with van der Waals surface area (Å²) in [6.45, 7) is 0. The van der Waals surface area contributed by atoms with E-state index in [1.54, 1.807) is 6.07 Å². The fourth-order valence-corrected chi connectivity index (χ4v) is 3.02. The number of rotatable bonds is 3. The SMILES string of the molecule is Fc1ccc(CSc2cc(F)ccc2F)c(Br)c1. The predicted octanol–water partition coefficient (Wildman–Crippen LogP) is 5.16. The third-order valence-corrected chi connectivity index (χ3v) is 4.11. The molecule has 0 amide bonds. The lowest BCUT2D eigenvalue weighted by atomic mass is 10.2. The van der Waals surface area contributed by atoms with Crippen LogP contribution in [0.4, 0.5) is 13.2 Å². The molecule has 0 aliphatic carbocycles. The van der Waals surface area contributed by atoms with Gasteiger partial charge in [0.25, 0.3) is 0 Å². The average Bonchev–Trinajstić information content (AvgIpc) is 2.32. The van der Waals surface area contributed by atoms with Crippen LogP contribution in [0.15, 0.2) is 45.8 Å². The Morgan fingerprint density at radius 2 is 1.61 bits per heavy atom. The van der Waals surface area contributed by atoms with E-state index in [0.29, 0.717) is 10.2 Å². The molecular formula is C13H8BrF3S. The summed E-state index contributed by atoms with van der Waals surface area (Å²) >= 11 is 4.40. The highest BCUT2D eigenvalue weighted by molar-refractivity contribution is 9.10. The molecule has 94 valence electrons. The minimum atomic E-state index is -0.475. The molecule has 0 aliphatic rings. The van der Waals surface area contributed by atoms with Crippen molar-refractivity contribution in [3.63, 3.8) is 0 Å². The van der Waals surface area contributed by atoms with Gasteiger partial charge in [0.2, 0.25) is 0 Å². The summed E-state index contributed by atoms with van der Waals surface area (Å²) in [5.41, 5.74) is 0.824. The van der Waals surface area contributed by atoms with Gasteiger partial charge in [-0.25, -0.2) is 13.2 Å². The molecule has 2 aromatic carbocycles. The fraction of sp³-hybridized carbons (Fsp3) is 0.0769. The lowest BCUT2D eigenvalue weighted by molar-refractivity contribution is 0.577. The molecule has 0 bridgehead atoms. The van der Waals surface area contributed by atoms with Crippen LogP contribution in [-0.2, 0) is 5.75 Å². The van der Waals surface area contributed by atoms with Crippen molar-refractivity contribution >= 4 is 27.7 Å². The molecule has 2 rings (SSSR count). The Bertz CT molecular complexity index is 572. The van der Waals surface area contributed by atoms with Crippen molar-refractivity contribution in [1.29, 1.82) is 0 Å². The third kappa shape index (κ3) is 3.29. The van der Waals surface area contributed by atoms with Crippen LogP contribution in [-0.4, -0.2) is 0 Å². The standard InChI is InChI=1S/C13H8BrF3S/c14-11-5-9(15)2-1-8(11)7-18-13-6-10(16)3-4-12(13)17/h1-6H,7H2. The molecule has 0 saturated carbocycles. The van der Waals surface area contributed by atoms with Crippen molar-refractivity contribution in [3.8, 4) is 0 Å². The van der Waals surface area contributed by atoms with E-state index < -0.39 is 11.6 Å². The Hall–Kier alpha value is -0.940. The van der Waals surface area contributed by atoms with Crippen LogP contribution in [0.3, 0.4) is 0 Å². The van der Waals surface area contributed by atoms with Gasteiger partial charge in [0, 0.05) is 15.1 Å². The summed E-state index contributed by atoms with van der Waals surface area (Å²) in [4.78, 5) is 0.242. The lowest BCUT2D eigenvalue weighted by Crippen LogP contribution is -1.88. The van der Waals surface area contributed by atoms with Crippen molar-refractivity contribution in [3.05, 3.63) is 63.9 Å². The second kappa shape index (κ2) is 5.80. The molecule has 0 radical (unpaired) electrons. The van der Waals surface area contributed by atoms with Crippen LogP contribution in [0.5, 0.6) is 0 Å². The summed E-state index contributed by atoms with van der Waals surface area (Å²) in [5.74, 6) is -0.842. The van der Waals surface area contributed by atoms with Gasteiger partial charge < -0.3 is 0 Å². The summed E-state index contributed by atoms with van der Waals surface area (Å²) in [6.07, 6.45) is 0. The van der Waals surface area contributed by atoms with Crippen molar-refractivity contribution in [1.82, 2.24) is 0 Å². The van der Waals surface area contributed by atoms with E-state index in [2.05, 4.69) is 15.9 Å². The van der Waals surface area contributed by atoms with Gasteiger partial charge in [-0.05, 0) is 35.9 Å². The molecule has 0 heterocycles. The molecule has 0 aliphatic heterocycles. The van der Waals surface area contributed by atoms with Gasteiger partial charge in [0.1, 0.15) is 17.5 Å². The monoisotopic (exact) mass is 332 g/mol. The van der Waals surface area contributed by atoms with Crippen LogP contribution in [0, 0.1) is 17.5 Å². The first-order valence-corrected chi connectivity index (χ1v) is 6.86. The zero-order valence-corrected chi connectivity index (χ0v) is 11.5. The molecule has 0 spiro atoms. The highest BCUT2D eigenvalue weighted by Gasteiger charge is 2.07. The fourth-order valence-electron chi connectivity index (χ4n) is 1.38. The molecule has 0 unspecified atom stereocenters. The number of hydrogen-bond donors (Lipinski definition) is 0. The Morgan fingerprint density at radius 3 is 2.33 bits per heavy atom. The second-order valence-corrected chi connectivity index (χ2v) is 5.47. The molecule has 0 aromatic heterocycles. The van der Waals surface area contributed by atoms with Crippen molar-refractivity contribution in [2.45, 2.75) is 10.6 Å². The zero-order chi connectivity index (χ0) is 13.1. The maximum absolute atomic E-state index is 13.4. The third-order valence-electron chi connectivity index (χ3n) is 2.29. The Morgan fingerprint density at radius 1 is 0.944 bits per heavy atom. The smallest absolute Gasteiger partial charge is 0.136 e. The van der Waals surface area contributed by atoms with Crippen LogP contribution in [0.1, 0.15) is 5.56 Å². The van der Waals surface area contributed by atoms with Gasteiger partial charge in [-0.2, -0.15) is 0 Å². The van der Waals surface area contributed by atoms with E-state index in [-0.39, 0.29) is 10.7 Å². The van der Waals surface area contributed by atoms with Crippen molar-refractivity contribution in [2.75, 3.05) is 0 Å². The Balaban J connectivity index is 2.13. The van der Waals surface area contributed by atoms with E-state index >= 15 is 0 Å². The van der Waals surface area contributed by atoms with Gasteiger partial charge in [0.15, 0.2) is 0 Å². The van der Waals surface area contributed by atoms with E-state index in [0.717, 1.165) is 23.8 Å². The molecule has 18 heavy (non-hydrogen) atoms. The van der Waals surface area contributed by atoms with Gasteiger partial charge in [0.05, 0.1) is 0 Å². The lowest BCUT2D eigenvalue weighted by Gasteiger charge is -2.06. The maximum Gasteiger partial charge on any atom is 0.136 e. The number of thioether (sulfide) groups is 1. The number of halogens is 4. The quantitative estimate of drug-likeness (QED) is 0.699. The first-order valence-electron chi connectivity index (χ1n) is 5.08. The molecule has 5 heteroatoms. The second-order valence-electron chi connectivity index (χ2n) is 3.60.